The van der Waals surface area contributed by atoms with Crippen LogP contribution in [0.3, 0.4) is 0 Å². The zero-order chi connectivity index (χ0) is 16.6. The van der Waals surface area contributed by atoms with Crippen LogP contribution >= 0.6 is 23.2 Å². The van der Waals surface area contributed by atoms with Gasteiger partial charge in [0.25, 0.3) is 5.56 Å². The molecule has 0 atom stereocenters. The second-order valence-electron chi connectivity index (χ2n) is 4.99. The van der Waals surface area contributed by atoms with Gasteiger partial charge in [0.15, 0.2) is 9.84 Å². The van der Waals surface area contributed by atoms with E-state index >= 15 is 0 Å². The number of hydrogen-bond donors (Lipinski definition) is 1. The summed E-state index contributed by atoms with van der Waals surface area (Å²) < 4.78 is 25.5. The highest BCUT2D eigenvalue weighted by Gasteiger charge is 2.22. The number of sulfone groups is 1. The van der Waals surface area contributed by atoms with Gasteiger partial charge in [-0.1, -0.05) is 65.7 Å². The number of nitrogens with one attached hydrogen (secondary N) is 1. The van der Waals surface area contributed by atoms with E-state index in [0.717, 1.165) is 0 Å². The molecule has 0 amide bonds. The third-order valence-corrected chi connectivity index (χ3v) is 5.83. The molecule has 0 aliphatic carbocycles. The molecule has 0 unspecified atom stereocenters. The quantitative estimate of drug-likeness (QED) is 0.765. The maximum absolute atomic E-state index is 12.8. The largest absolute Gasteiger partial charge is 0.311 e. The van der Waals surface area contributed by atoms with Crippen molar-refractivity contribution in [2.24, 2.45) is 0 Å². The molecular weight excluding hydrogens is 357 g/mol. The summed E-state index contributed by atoms with van der Waals surface area (Å²) >= 11 is 12.0. The van der Waals surface area contributed by atoms with Crippen LogP contribution in [0.1, 0.15) is 5.56 Å². The minimum Gasteiger partial charge on any atom is -0.311 e. The van der Waals surface area contributed by atoms with E-state index in [-0.39, 0.29) is 15.8 Å². The first kappa shape index (κ1) is 16.1. The number of pyridine rings is 1. The second-order valence-corrected chi connectivity index (χ2v) is 7.70. The van der Waals surface area contributed by atoms with Gasteiger partial charge >= 0.3 is 0 Å². The summed E-state index contributed by atoms with van der Waals surface area (Å²) in [7, 11) is -3.80. The van der Waals surface area contributed by atoms with E-state index in [0.29, 0.717) is 21.4 Å². The Morgan fingerprint density at radius 1 is 0.913 bits per heavy atom. The number of aromatic amines is 1. The van der Waals surface area contributed by atoms with E-state index in [1.165, 1.54) is 0 Å². The van der Waals surface area contributed by atoms with Crippen LogP contribution in [-0.4, -0.2) is 13.4 Å². The first-order valence-corrected chi connectivity index (χ1v) is 9.07. The van der Waals surface area contributed by atoms with Gasteiger partial charge in [0.05, 0.1) is 5.75 Å². The van der Waals surface area contributed by atoms with Crippen molar-refractivity contribution in [3.63, 3.8) is 0 Å². The molecule has 3 aromatic rings. The summed E-state index contributed by atoms with van der Waals surface area (Å²) in [6.45, 7) is 0. The summed E-state index contributed by atoms with van der Waals surface area (Å²) in [5, 5.41) is 0.955. The van der Waals surface area contributed by atoms with Crippen LogP contribution in [-0.2, 0) is 15.6 Å². The molecule has 7 heteroatoms. The molecule has 1 N–H and O–H groups in total. The van der Waals surface area contributed by atoms with Crippen LogP contribution in [0.2, 0.25) is 10.0 Å². The van der Waals surface area contributed by atoms with E-state index < -0.39 is 15.4 Å². The Balaban J connectivity index is 2.22. The number of halogens is 2. The molecule has 0 saturated carbocycles. The average Bonchev–Trinajstić information content (AvgIpc) is 2.53. The normalized spacial score (nSPS) is 11.7. The third-order valence-electron chi connectivity index (χ3n) is 3.45. The van der Waals surface area contributed by atoms with Gasteiger partial charge in [0.1, 0.15) is 10.0 Å². The van der Waals surface area contributed by atoms with Gasteiger partial charge in [-0.15, -0.1) is 0 Å². The lowest BCUT2D eigenvalue weighted by Gasteiger charge is -2.10. The molecule has 4 nitrogen and oxygen atoms in total. The Hall–Kier alpha value is -1.82. The number of rotatable bonds is 3. The molecule has 0 bridgehead atoms. The van der Waals surface area contributed by atoms with E-state index in [9.17, 15) is 13.2 Å². The monoisotopic (exact) mass is 367 g/mol. The third kappa shape index (κ3) is 3.00. The molecule has 1 heterocycles. The molecule has 3 rings (SSSR count). The van der Waals surface area contributed by atoms with E-state index in [4.69, 9.17) is 23.2 Å². The molecule has 0 aliphatic rings. The van der Waals surface area contributed by atoms with Gasteiger partial charge < -0.3 is 4.98 Å². The lowest BCUT2D eigenvalue weighted by molar-refractivity contribution is 0.592. The van der Waals surface area contributed by atoms with Crippen molar-refractivity contribution in [1.29, 1.82) is 0 Å². The Morgan fingerprint density at radius 3 is 2.22 bits per heavy atom. The molecule has 118 valence electrons. The van der Waals surface area contributed by atoms with E-state index in [2.05, 4.69) is 4.98 Å². The molecular formula is C16H11Cl2NO3S. The standard InChI is InChI=1S/C16H11Cl2NO3S/c17-13-8-4-1-5-10(13)9-23(21,22)16-12-7-3-2-6-11(12)14(18)15(20)19-16/h1-8H,9H2,(H,19,20). The topological polar surface area (TPSA) is 67.0 Å². The molecule has 0 aliphatic heterocycles. The SMILES string of the molecule is O=c1[nH]c(S(=O)(=O)Cc2ccccc2Cl)c2ccccc2c1Cl. The highest BCUT2D eigenvalue weighted by Crippen LogP contribution is 2.28. The van der Waals surface area contributed by atoms with Crippen molar-refractivity contribution >= 4 is 43.8 Å². The molecule has 0 spiro atoms. The zero-order valence-electron chi connectivity index (χ0n) is 11.7. The van der Waals surface area contributed by atoms with Gasteiger partial charge in [-0.05, 0) is 11.6 Å². The van der Waals surface area contributed by atoms with Crippen LogP contribution in [0.15, 0.2) is 58.4 Å². The molecule has 2 aromatic carbocycles. The maximum atomic E-state index is 12.8. The number of benzene rings is 2. The number of fused-ring (bicyclic) bond motifs is 1. The van der Waals surface area contributed by atoms with Crippen molar-refractivity contribution in [1.82, 2.24) is 4.98 Å². The van der Waals surface area contributed by atoms with Gasteiger partial charge in [0.2, 0.25) is 0 Å². The molecule has 23 heavy (non-hydrogen) atoms. The van der Waals surface area contributed by atoms with Crippen LogP contribution in [0, 0.1) is 0 Å². The summed E-state index contributed by atoms with van der Waals surface area (Å²) in [4.78, 5) is 14.3. The van der Waals surface area contributed by atoms with Crippen molar-refractivity contribution in [3.8, 4) is 0 Å². The highest BCUT2D eigenvalue weighted by atomic mass is 35.5. The zero-order valence-corrected chi connectivity index (χ0v) is 14.0. The fraction of sp³-hybridized carbons (Fsp3) is 0.0625. The Morgan fingerprint density at radius 2 is 1.52 bits per heavy atom. The smallest absolute Gasteiger partial charge is 0.268 e. The second kappa shape index (κ2) is 6.00. The number of hydrogen-bond acceptors (Lipinski definition) is 3. The summed E-state index contributed by atoms with van der Waals surface area (Å²) in [5.41, 5.74) is -0.169. The minimum atomic E-state index is -3.80. The summed E-state index contributed by atoms with van der Waals surface area (Å²) in [6.07, 6.45) is 0. The first-order valence-electron chi connectivity index (χ1n) is 6.67. The van der Waals surface area contributed by atoms with Crippen molar-refractivity contribution in [3.05, 3.63) is 74.5 Å². The molecule has 0 radical (unpaired) electrons. The van der Waals surface area contributed by atoms with Crippen LogP contribution in [0.25, 0.3) is 10.8 Å². The lowest BCUT2D eigenvalue weighted by atomic mass is 10.2. The fourth-order valence-electron chi connectivity index (χ4n) is 2.36. The van der Waals surface area contributed by atoms with Crippen molar-refractivity contribution in [2.75, 3.05) is 0 Å². The van der Waals surface area contributed by atoms with E-state index in [1.54, 1.807) is 48.5 Å². The number of H-pyrrole nitrogens is 1. The molecule has 1 aromatic heterocycles. The maximum Gasteiger partial charge on any atom is 0.268 e. The Bertz CT molecular complexity index is 1060. The van der Waals surface area contributed by atoms with Gasteiger partial charge in [-0.3, -0.25) is 4.79 Å². The fourth-order valence-corrected chi connectivity index (χ4v) is 4.42. The minimum absolute atomic E-state index is 0.0303. The van der Waals surface area contributed by atoms with Crippen LogP contribution < -0.4 is 5.56 Å². The molecule has 0 fully saturated rings. The average molecular weight is 368 g/mol. The van der Waals surface area contributed by atoms with Gasteiger partial charge in [-0.2, -0.15) is 0 Å². The van der Waals surface area contributed by atoms with Crippen LogP contribution in [0.4, 0.5) is 0 Å². The van der Waals surface area contributed by atoms with Crippen molar-refractivity contribution < 1.29 is 8.42 Å². The Labute approximate surface area is 142 Å². The summed E-state index contributed by atoms with van der Waals surface area (Å²) in [6, 6.07) is 13.3. The van der Waals surface area contributed by atoms with Gasteiger partial charge in [-0.25, -0.2) is 8.42 Å². The van der Waals surface area contributed by atoms with Crippen LogP contribution in [0.5, 0.6) is 0 Å². The predicted molar refractivity (Wildman–Crippen MR) is 91.9 cm³/mol. The number of aromatic nitrogens is 1. The highest BCUT2D eigenvalue weighted by molar-refractivity contribution is 7.90. The van der Waals surface area contributed by atoms with Gasteiger partial charge in [0, 0.05) is 15.8 Å². The van der Waals surface area contributed by atoms with E-state index in [1.807, 2.05) is 0 Å². The Kier molecular flexibility index (Phi) is 4.19. The predicted octanol–water partition coefficient (Wildman–Crippen LogP) is 3.81. The lowest BCUT2D eigenvalue weighted by Crippen LogP contribution is -2.16. The first-order chi connectivity index (χ1) is 10.9. The van der Waals surface area contributed by atoms with Crippen molar-refractivity contribution in [2.45, 2.75) is 10.8 Å². The summed E-state index contributed by atoms with van der Waals surface area (Å²) in [5.74, 6) is -0.311. The molecule has 0 saturated heterocycles.